The van der Waals surface area contributed by atoms with Gasteiger partial charge in [-0.05, 0) is 31.5 Å². The predicted molar refractivity (Wildman–Crippen MR) is 88.2 cm³/mol. The van der Waals surface area contributed by atoms with Gasteiger partial charge in [-0.25, -0.2) is 8.42 Å². The molecule has 8 heteroatoms. The van der Waals surface area contributed by atoms with Gasteiger partial charge in [0.15, 0.2) is 0 Å². The third-order valence-corrected chi connectivity index (χ3v) is 6.15. The molecular formula is C15H21ClN2O4S. The molecule has 0 bridgehead atoms. The van der Waals surface area contributed by atoms with Crippen LogP contribution in [0.3, 0.4) is 0 Å². The molecule has 1 aromatic rings. The summed E-state index contributed by atoms with van der Waals surface area (Å²) in [6.07, 6.45) is 0.790. The van der Waals surface area contributed by atoms with Crippen LogP contribution in [0, 0.1) is 0 Å². The highest BCUT2D eigenvalue weighted by Gasteiger charge is 2.29. The van der Waals surface area contributed by atoms with Gasteiger partial charge in [-0.2, -0.15) is 4.31 Å². The van der Waals surface area contributed by atoms with Crippen molar-refractivity contribution < 1.29 is 17.9 Å². The molecule has 1 aliphatic heterocycles. The van der Waals surface area contributed by atoms with Gasteiger partial charge in [-0.3, -0.25) is 4.79 Å². The Bertz CT molecular complexity index is 672. The molecule has 1 aliphatic rings. The Kier molecular flexibility index (Phi) is 6.02. The number of sulfonamides is 1. The second kappa shape index (κ2) is 7.61. The minimum atomic E-state index is -3.74. The predicted octanol–water partition coefficient (Wildman–Crippen LogP) is 1.89. The van der Waals surface area contributed by atoms with E-state index in [1.807, 2.05) is 13.8 Å². The highest BCUT2D eigenvalue weighted by atomic mass is 35.5. The number of ether oxygens (including phenoxy) is 1. The number of hydrogen-bond donors (Lipinski definition) is 1. The SMILES string of the molecule is CCC(C)NC(=O)c1ccc(Cl)c(S(=O)(=O)N2CCOCC2)c1. The lowest BCUT2D eigenvalue weighted by Gasteiger charge is -2.26. The van der Waals surface area contributed by atoms with E-state index in [1.165, 1.54) is 22.5 Å². The maximum absolute atomic E-state index is 12.7. The fourth-order valence-electron chi connectivity index (χ4n) is 2.18. The molecule has 1 fully saturated rings. The number of carbonyl (C=O) groups is 1. The van der Waals surface area contributed by atoms with Gasteiger partial charge in [0.1, 0.15) is 4.90 Å². The normalized spacial score (nSPS) is 17.7. The van der Waals surface area contributed by atoms with Crippen molar-refractivity contribution >= 4 is 27.5 Å². The van der Waals surface area contributed by atoms with Crippen LogP contribution in [0.25, 0.3) is 0 Å². The maximum Gasteiger partial charge on any atom is 0.251 e. The summed E-state index contributed by atoms with van der Waals surface area (Å²) in [5.41, 5.74) is 0.279. The van der Waals surface area contributed by atoms with Gasteiger partial charge in [-0.15, -0.1) is 0 Å². The average molecular weight is 361 g/mol. The number of hydrogen-bond acceptors (Lipinski definition) is 4. The molecule has 1 heterocycles. The van der Waals surface area contributed by atoms with Crippen LogP contribution in [-0.2, 0) is 14.8 Å². The number of amides is 1. The Hall–Kier alpha value is -1.15. The fraction of sp³-hybridized carbons (Fsp3) is 0.533. The van der Waals surface area contributed by atoms with E-state index < -0.39 is 10.0 Å². The topological polar surface area (TPSA) is 75.7 Å². The van der Waals surface area contributed by atoms with Crippen LogP contribution in [0.4, 0.5) is 0 Å². The van der Waals surface area contributed by atoms with Crippen LogP contribution in [-0.4, -0.2) is 51.0 Å². The summed E-state index contributed by atoms with van der Waals surface area (Å²) in [4.78, 5) is 12.2. The van der Waals surface area contributed by atoms with Crippen molar-refractivity contribution in [1.29, 1.82) is 0 Å². The molecule has 6 nitrogen and oxygen atoms in total. The van der Waals surface area contributed by atoms with Crippen LogP contribution in [0.1, 0.15) is 30.6 Å². The molecule has 0 spiro atoms. The zero-order chi connectivity index (χ0) is 17.0. The lowest BCUT2D eigenvalue weighted by Crippen LogP contribution is -2.40. The molecule has 1 aromatic carbocycles. The number of carbonyl (C=O) groups excluding carboxylic acids is 1. The van der Waals surface area contributed by atoms with Crippen molar-refractivity contribution in [3.63, 3.8) is 0 Å². The Labute approximate surface area is 141 Å². The summed E-state index contributed by atoms with van der Waals surface area (Å²) < 4.78 is 31.9. The van der Waals surface area contributed by atoms with Crippen molar-refractivity contribution in [2.45, 2.75) is 31.2 Å². The van der Waals surface area contributed by atoms with Crippen LogP contribution in [0.15, 0.2) is 23.1 Å². The average Bonchev–Trinajstić information content (AvgIpc) is 2.55. The second-order valence-corrected chi connectivity index (χ2v) is 7.76. The Morgan fingerprint density at radius 3 is 2.65 bits per heavy atom. The molecular weight excluding hydrogens is 340 g/mol. The summed E-state index contributed by atoms with van der Waals surface area (Å²) >= 11 is 6.07. The first kappa shape index (κ1) is 18.2. The lowest BCUT2D eigenvalue weighted by molar-refractivity contribution is 0.0730. The Morgan fingerprint density at radius 1 is 1.39 bits per heavy atom. The van der Waals surface area contributed by atoms with E-state index in [9.17, 15) is 13.2 Å². The Morgan fingerprint density at radius 2 is 2.04 bits per heavy atom. The second-order valence-electron chi connectivity index (χ2n) is 5.44. The van der Waals surface area contributed by atoms with E-state index in [0.717, 1.165) is 6.42 Å². The number of halogens is 1. The van der Waals surface area contributed by atoms with E-state index in [2.05, 4.69) is 5.32 Å². The van der Waals surface area contributed by atoms with Crippen molar-refractivity contribution in [2.24, 2.45) is 0 Å². The van der Waals surface area contributed by atoms with Crippen LogP contribution < -0.4 is 5.32 Å². The number of benzene rings is 1. The fourth-order valence-corrected chi connectivity index (χ4v) is 4.09. The van der Waals surface area contributed by atoms with Gasteiger partial charge >= 0.3 is 0 Å². The van der Waals surface area contributed by atoms with E-state index in [0.29, 0.717) is 13.2 Å². The molecule has 0 radical (unpaired) electrons. The summed E-state index contributed by atoms with van der Waals surface area (Å²) in [6, 6.07) is 4.32. The molecule has 0 saturated carbocycles. The number of nitrogens with one attached hydrogen (secondary N) is 1. The number of morpholine rings is 1. The standard InChI is InChI=1S/C15H21ClN2O4S/c1-3-11(2)17-15(19)12-4-5-13(16)14(10-12)23(20,21)18-6-8-22-9-7-18/h4-5,10-11H,3,6-9H2,1-2H3,(H,17,19). The van der Waals surface area contributed by atoms with Gasteiger partial charge in [-0.1, -0.05) is 18.5 Å². The first-order chi connectivity index (χ1) is 10.9. The first-order valence-electron chi connectivity index (χ1n) is 7.54. The maximum atomic E-state index is 12.7. The summed E-state index contributed by atoms with van der Waals surface area (Å²) in [7, 11) is -3.74. The molecule has 128 valence electrons. The molecule has 2 rings (SSSR count). The molecule has 23 heavy (non-hydrogen) atoms. The number of nitrogens with zero attached hydrogens (tertiary/aromatic N) is 1. The minimum Gasteiger partial charge on any atom is -0.379 e. The van der Waals surface area contributed by atoms with Gasteiger partial charge in [0, 0.05) is 24.7 Å². The molecule has 1 N–H and O–H groups in total. The number of rotatable bonds is 5. The van der Waals surface area contributed by atoms with Crippen molar-refractivity contribution in [3.8, 4) is 0 Å². The van der Waals surface area contributed by atoms with Crippen LogP contribution in [0.5, 0.6) is 0 Å². The molecule has 1 saturated heterocycles. The van der Waals surface area contributed by atoms with Gasteiger partial charge in [0.25, 0.3) is 5.91 Å². The van der Waals surface area contributed by atoms with Crippen LogP contribution >= 0.6 is 11.6 Å². The van der Waals surface area contributed by atoms with Gasteiger partial charge in [0.2, 0.25) is 10.0 Å². The Balaban J connectivity index is 2.31. The van der Waals surface area contributed by atoms with Gasteiger partial charge in [0.05, 0.1) is 18.2 Å². The lowest BCUT2D eigenvalue weighted by atomic mass is 10.2. The molecule has 0 aromatic heterocycles. The summed E-state index contributed by atoms with van der Waals surface area (Å²) in [5.74, 6) is -0.311. The van der Waals surface area contributed by atoms with Gasteiger partial charge < -0.3 is 10.1 Å². The monoisotopic (exact) mass is 360 g/mol. The van der Waals surface area contributed by atoms with E-state index in [1.54, 1.807) is 0 Å². The molecule has 0 aliphatic carbocycles. The van der Waals surface area contributed by atoms with E-state index >= 15 is 0 Å². The quantitative estimate of drug-likeness (QED) is 0.870. The highest BCUT2D eigenvalue weighted by molar-refractivity contribution is 7.89. The zero-order valence-electron chi connectivity index (χ0n) is 13.2. The van der Waals surface area contributed by atoms with Crippen molar-refractivity contribution in [2.75, 3.05) is 26.3 Å². The summed E-state index contributed by atoms with van der Waals surface area (Å²) in [6.45, 7) is 5.11. The molecule has 1 amide bonds. The molecule has 1 atom stereocenters. The third kappa shape index (κ3) is 4.23. The smallest absolute Gasteiger partial charge is 0.251 e. The van der Waals surface area contributed by atoms with E-state index in [-0.39, 0.29) is 40.5 Å². The van der Waals surface area contributed by atoms with Crippen molar-refractivity contribution in [1.82, 2.24) is 9.62 Å². The molecule has 1 unspecified atom stereocenters. The first-order valence-corrected chi connectivity index (χ1v) is 9.36. The van der Waals surface area contributed by atoms with Crippen LogP contribution in [0.2, 0.25) is 5.02 Å². The van der Waals surface area contributed by atoms with Crippen molar-refractivity contribution in [3.05, 3.63) is 28.8 Å². The highest BCUT2D eigenvalue weighted by Crippen LogP contribution is 2.26. The van der Waals surface area contributed by atoms with E-state index in [4.69, 9.17) is 16.3 Å². The minimum absolute atomic E-state index is 0.0116. The largest absolute Gasteiger partial charge is 0.379 e. The summed E-state index contributed by atoms with van der Waals surface area (Å²) in [5, 5.41) is 2.92. The zero-order valence-corrected chi connectivity index (χ0v) is 14.8. The third-order valence-electron chi connectivity index (χ3n) is 3.77.